The van der Waals surface area contributed by atoms with E-state index in [-0.39, 0.29) is 5.91 Å². The van der Waals surface area contributed by atoms with E-state index >= 15 is 0 Å². The van der Waals surface area contributed by atoms with Gasteiger partial charge in [0.2, 0.25) is 0 Å². The number of rotatable bonds is 5. The molecule has 0 unspecified atom stereocenters. The molecule has 1 aliphatic heterocycles. The Hall–Kier alpha value is -2.01. The Morgan fingerprint density at radius 3 is 2.82 bits per heavy atom. The lowest BCUT2D eigenvalue weighted by atomic mass is 10.1. The van der Waals surface area contributed by atoms with Gasteiger partial charge in [-0.3, -0.25) is 4.79 Å². The summed E-state index contributed by atoms with van der Waals surface area (Å²) in [5.41, 5.74) is 1.04. The van der Waals surface area contributed by atoms with Crippen LogP contribution in [0.15, 0.2) is 30.3 Å². The normalized spacial score (nSPS) is 13.0. The number of thiophene rings is 1. The number of carbonyl (C=O) groups excluding carboxylic acids is 1. The largest absolute Gasteiger partial charge is 0.486 e. The second kappa shape index (κ2) is 6.83. The van der Waals surface area contributed by atoms with Crippen molar-refractivity contribution in [3.05, 3.63) is 35.2 Å². The van der Waals surface area contributed by atoms with Crippen LogP contribution in [0.2, 0.25) is 0 Å². The van der Waals surface area contributed by atoms with Crippen molar-refractivity contribution >= 4 is 17.2 Å². The summed E-state index contributed by atoms with van der Waals surface area (Å²) >= 11 is 1.49. The first kappa shape index (κ1) is 14.9. The Morgan fingerprint density at radius 1 is 1.18 bits per heavy atom. The molecule has 0 fully saturated rings. The zero-order chi connectivity index (χ0) is 15.4. The molecule has 1 aromatic heterocycles. The Balaban J connectivity index is 1.74. The molecular weight excluding hydrogens is 298 g/mol. The van der Waals surface area contributed by atoms with Crippen LogP contribution in [0.1, 0.15) is 29.4 Å². The third-order valence-electron chi connectivity index (χ3n) is 3.47. The minimum atomic E-state index is 0.00208. The third-order valence-corrected chi connectivity index (χ3v) is 4.61. The molecule has 0 radical (unpaired) electrons. The second-order valence-electron chi connectivity index (χ2n) is 5.13. The molecule has 1 N–H and O–H groups in total. The lowest BCUT2D eigenvalue weighted by Gasteiger charge is -2.18. The van der Waals surface area contributed by atoms with Gasteiger partial charge in [0.1, 0.15) is 13.2 Å². The molecule has 0 aliphatic carbocycles. The van der Waals surface area contributed by atoms with Gasteiger partial charge in [-0.15, -0.1) is 11.3 Å². The van der Waals surface area contributed by atoms with Crippen LogP contribution in [0.25, 0.3) is 10.4 Å². The van der Waals surface area contributed by atoms with E-state index in [0.29, 0.717) is 13.2 Å². The molecular formula is C17H19NO3S. The number of benzene rings is 1. The number of fused-ring (bicyclic) bond motifs is 1. The summed E-state index contributed by atoms with van der Waals surface area (Å²) in [5, 5.41) is 2.94. The molecule has 3 rings (SSSR count). The van der Waals surface area contributed by atoms with Gasteiger partial charge in [0.15, 0.2) is 11.5 Å². The van der Waals surface area contributed by atoms with Gasteiger partial charge < -0.3 is 14.8 Å². The fraction of sp³-hybridized carbons (Fsp3) is 0.353. The van der Waals surface area contributed by atoms with E-state index in [1.54, 1.807) is 0 Å². The first-order valence-electron chi connectivity index (χ1n) is 7.56. The quantitative estimate of drug-likeness (QED) is 0.855. The van der Waals surface area contributed by atoms with E-state index in [1.807, 2.05) is 30.3 Å². The number of hydrogen-bond donors (Lipinski definition) is 1. The van der Waals surface area contributed by atoms with Crippen LogP contribution in [-0.4, -0.2) is 25.7 Å². The average molecular weight is 317 g/mol. The molecule has 1 amide bonds. The van der Waals surface area contributed by atoms with E-state index in [4.69, 9.17) is 9.47 Å². The van der Waals surface area contributed by atoms with Crippen molar-refractivity contribution in [1.82, 2.24) is 5.32 Å². The first-order valence-corrected chi connectivity index (χ1v) is 8.37. The minimum absolute atomic E-state index is 0.00208. The maximum Gasteiger partial charge on any atom is 0.261 e. The van der Waals surface area contributed by atoms with Gasteiger partial charge in [0.25, 0.3) is 5.91 Å². The molecule has 0 atom stereocenters. The van der Waals surface area contributed by atoms with Crippen molar-refractivity contribution in [3.63, 3.8) is 0 Å². The van der Waals surface area contributed by atoms with E-state index in [2.05, 4.69) is 12.2 Å². The summed E-state index contributed by atoms with van der Waals surface area (Å²) in [6, 6.07) is 9.74. The first-order chi connectivity index (χ1) is 10.8. The smallest absolute Gasteiger partial charge is 0.261 e. The predicted octanol–water partition coefficient (Wildman–Crippen LogP) is 3.72. The Kier molecular flexibility index (Phi) is 4.63. The van der Waals surface area contributed by atoms with Crippen molar-refractivity contribution in [2.75, 3.05) is 19.8 Å². The highest BCUT2D eigenvalue weighted by Crippen LogP contribution is 2.36. The number of amides is 1. The van der Waals surface area contributed by atoms with E-state index in [0.717, 1.165) is 46.2 Å². The topological polar surface area (TPSA) is 47.6 Å². The van der Waals surface area contributed by atoms with Gasteiger partial charge in [0.05, 0.1) is 4.88 Å². The highest BCUT2D eigenvalue weighted by atomic mass is 32.1. The highest BCUT2D eigenvalue weighted by molar-refractivity contribution is 7.17. The molecule has 2 heterocycles. The summed E-state index contributed by atoms with van der Waals surface area (Å²) < 4.78 is 11.1. The molecule has 5 heteroatoms. The summed E-state index contributed by atoms with van der Waals surface area (Å²) in [6.45, 7) is 4.00. The molecule has 0 saturated heterocycles. The van der Waals surface area contributed by atoms with Crippen molar-refractivity contribution in [2.45, 2.75) is 19.8 Å². The number of hydrogen-bond acceptors (Lipinski definition) is 4. The lowest BCUT2D eigenvalue weighted by Crippen LogP contribution is -2.23. The average Bonchev–Trinajstić information content (AvgIpc) is 3.04. The van der Waals surface area contributed by atoms with Crippen molar-refractivity contribution in [3.8, 4) is 21.9 Å². The molecule has 0 bridgehead atoms. The molecule has 0 spiro atoms. The van der Waals surface area contributed by atoms with Gasteiger partial charge >= 0.3 is 0 Å². The SMILES string of the molecule is CCCCNC(=O)c1ccc(-c2ccc3c(c2)OCCO3)s1. The monoisotopic (exact) mass is 317 g/mol. The third kappa shape index (κ3) is 3.25. The molecule has 2 aromatic rings. The number of carbonyl (C=O) groups is 1. The Labute approximate surface area is 134 Å². The summed E-state index contributed by atoms with van der Waals surface area (Å²) in [5.74, 6) is 1.55. The zero-order valence-corrected chi connectivity index (χ0v) is 13.4. The second-order valence-corrected chi connectivity index (χ2v) is 6.22. The number of ether oxygens (including phenoxy) is 2. The molecule has 0 saturated carbocycles. The van der Waals surface area contributed by atoms with Crippen LogP contribution in [0.3, 0.4) is 0 Å². The summed E-state index contributed by atoms with van der Waals surface area (Å²) in [4.78, 5) is 13.8. The molecule has 22 heavy (non-hydrogen) atoms. The fourth-order valence-corrected chi connectivity index (χ4v) is 3.20. The fourth-order valence-electron chi connectivity index (χ4n) is 2.28. The van der Waals surface area contributed by atoms with Crippen LogP contribution in [0.5, 0.6) is 11.5 Å². The van der Waals surface area contributed by atoms with Crippen LogP contribution in [-0.2, 0) is 0 Å². The minimum Gasteiger partial charge on any atom is -0.486 e. The maximum atomic E-state index is 12.1. The van der Waals surface area contributed by atoms with Gasteiger partial charge in [-0.25, -0.2) is 0 Å². The van der Waals surface area contributed by atoms with Gasteiger partial charge in [-0.2, -0.15) is 0 Å². The Bertz CT molecular complexity index is 666. The number of nitrogens with one attached hydrogen (secondary N) is 1. The van der Waals surface area contributed by atoms with Crippen LogP contribution in [0.4, 0.5) is 0 Å². The van der Waals surface area contributed by atoms with Crippen molar-refractivity contribution in [1.29, 1.82) is 0 Å². The van der Waals surface area contributed by atoms with E-state index in [9.17, 15) is 4.79 Å². The van der Waals surface area contributed by atoms with E-state index in [1.165, 1.54) is 11.3 Å². The van der Waals surface area contributed by atoms with Crippen molar-refractivity contribution < 1.29 is 14.3 Å². The highest BCUT2D eigenvalue weighted by Gasteiger charge is 2.14. The molecule has 116 valence electrons. The summed E-state index contributed by atoms with van der Waals surface area (Å²) in [6.07, 6.45) is 2.08. The maximum absolute atomic E-state index is 12.1. The standard InChI is InChI=1S/C17H19NO3S/c1-2-3-8-18-17(19)16-7-6-15(22-16)12-4-5-13-14(11-12)21-10-9-20-13/h4-7,11H,2-3,8-10H2,1H3,(H,18,19). The lowest BCUT2D eigenvalue weighted by molar-refractivity contribution is 0.0957. The number of unbranched alkanes of at least 4 members (excludes halogenated alkanes) is 1. The van der Waals surface area contributed by atoms with Crippen LogP contribution < -0.4 is 14.8 Å². The molecule has 4 nitrogen and oxygen atoms in total. The molecule has 1 aliphatic rings. The zero-order valence-electron chi connectivity index (χ0n) is 12.6. The predicted molar refractivity (Wildman–Crippen MR) is 88.0 cm³/mol. The Morgan fingerprint density at radius 2 is 2.00 bits per heavy atom. The van der Waals surface area contributed by atoms with Crippen molar-refractivity contribution in [2.24, 2.45) is 0 Å². The van der Waals surface area contributed by atoms with Gasteiger partial charge in [-0.05, 0) is 42.3 Å². The van der Waals surface area contributed by atoms with Gasteiger partial charge in [-0.1, -0.05) is 13.3 Å². The van der Waals surface area contributed by atoms with E-state index < -0.39 is 0 Å². The van der Waals surface area contributed by atoms with Gasteiger partial charge in [0, 0.05) is 11.4 Å². The van der Waals surface area contributed by atoms with Crippen LogP contribution >= 0.6 is 11.3 Å². The summed E-state index contributed by atoms with van der Waals surface area (Å²) in [7, 11) is 0. The molecule has 1 aromatic carbocycles. The van der Waals surface area contributed by atoms with Crippen LogP contribution in [0, 0.1) is 0 Å².